The van der Waals surface area contributed by atoms with Crippen LogP contribution < -0.4 is 0 Å². The van der Waals surface area contributed by atoms with Gasteiger partial charge in [-0.2, -0.15) is 0 Å². The van der Waals surface area contributed by atoms with Crippen molar-refractivity contribution in [1.82, 2.24) is 9.55 Å². The van der Waals surface area contributed by atoms with E-state index < -0.39 is 0 Å². The molecule has 0 bridgehead atoms. The number of hydrogen-bond acceptors (Lipinski definition) is 2. The molecular weight excluding hydrogens is 212 g/mol. The van der Waals surface area contributed by atoms with E-state index in [4.69, 9.17) is 0 Å². The lowest BCUT2D eigenvalue weighted by Gasteiger charge is -1.97. The Kier molecular flexibility index (Phi) is 2.80. The fraction of sp³-hybridized carbons (Fsp3) is 0.500. The molecule has 1 rings (SSSR count). The quantitative estimate of drug-likeness (QED) is 0.713. The summed E-state index contributed by atoms with van der Waals surface area (Å²) in [6.45, 7) is 3.09. The second-order valence-corrected chi connectivity index (χ2v) is 3.42. The highest BCUT2D eigenvalue weighted by Crippen LogP contribution is 2.17. The minimum atomic E-state index is 0.915. The van der Waals surface area contributed by atoms with Crippen molar-refractivity contribution in [2.45, 2.75) is 18.6 Å². The lowest BCUT2D eigenvalue weighted by atomic mass is 10.7. The van der Waals surface area contributed by atoms with Crippen molar-refractivity contribution in [1.29, 1.82) is 0 Å². The van der Waals surface area contributed by atoms with Crippen LogP contribution in [0.4, 0.5) is 0 Å². The Hall–Kier alpha value is 0.0400. The van der Waals surface area contributed by atoms with Gasteiger partial charge in [0.2, 0.25) is 0 Å². The van der Waals surface area contributed by atoms with Crippen molar-refractivity contribution >= 4 is 27.7 Å². The zero-order valence-electron chi connectivity index (χ0n) is 5.97. The molecule has 1 heterocycles. The van der Waals surface area contributed by atoms with Gasteiger partial charge in [-0.15, -0.1) is 0 Å². The van der Waals surface area contributed by atoms with Crippen LogP contribution in [0.5, 0.6) is 0 Å². The molecule has 0 fully saturated rings. The van der Waals surface area contributed by atoms with Crippen LogP contribution in [0.3, 0.4) is 0 Å². The van der Waals surface area contributed by atoms with Crippen LogP contribution in [-0.2, 0) is 6.54 Å². The van der Waals surface area contributed by atoms with Crippen LogP contribution in [0.1, 0.15) is 6.92 Å². The highest BCUT2D eigenvalue weighted by Gasteiger charge is 2.01. The Balaban J connectivity index is 2.96. The van der Waals surface area contributed by atoms with Crippen molar-refractivity contribution in [3.63, 3.8) is 0 Å². The molecule has 56 valence electrons. The number of halogens is 1. The van der Waals surface area contributed by atoms with Crippen LogP contribution in [-0.4, -0.2) is 15.8 Å². The highest BCUT2D eigenvalue weighted by atomic mass is 79.9. The summed E-state index contributed by atoms with van der Waals surface area (Å²) in [5.74, 6) is 0. The maximum absolute atomic E-state index is 4.24. The molecule has 0 radical (unpaired) electrons. The van der Waals surface area contributed by atoms with E-state index in [1.165, 1.54) is 0 Å². The minimum Gasteiger partial charge on any atom is -0.325 e. The SMILES string of the molecule is CCn1cc(Br)nc1SC. The van der Waals surface area contributed by atoms with Gasteiger partial charge in [0.15, 0.2) is 5.16 Å². The summed E-state index contributed by atoms with van der Waals surface area (Å²) in [6, 6.07) is 0. The van der Waals surface area contributed by atoms with E-state index in [1.54, 1.807) is 11.8 Å². The van der Waals surface area contributed by atoms with Crippen molar-refractivity contribution in [3.8, 4) is 0 Å². The second kappa shape index (κ2) is 3.44. The third-order valence-corrected chi connectivity index (χ3v) is 2.31. The number of aryl methyl sites for hydroxylation is 1. The van der Waals surface area contributed by atoms with E-state index in [2.05, 4.69) is 32.4 Å². The lowest BCUT2D eigenvalue weighted by molar-refractivity contribution is 0.682. The molecule has 10 heavy (non-hydrogen) atoms. The lowest BCUT2D eigenvalue weighted by Crippen LogP contribution is -1.92. The predicted octanol–water partition coefficient (Wildman–Crippen LogP) is 2.39. The van der Waals surface area contributed by atoms with Gasteiger partial charge in [0.25, 0.3) is 0 Å². The van der Waals surface area contributed by atoms with Gasteiger partial charge >= 0.3 is 0 Å². The Morgan fingerprint density at radius 3 is 2.90 bits per heavy atom. The third-order valence-electron chi connectivity index (χ3n) is 1.23. The zero-order chi connectivity index (χ0) is 7.56. The summed E-state index contributed by atoms with van der Waals surface area (Å²) in [4.78, 5) is 4.24. The highest BCUT2D eigenvalue weighted by molar-refractivity contribution is 9.10. The normalized spacial score (nSPS) is 10.3. The summed E-state index contributed by atoms with van der Waals surface area (Å²) < 4.78 is 3.02. The number of rotatable bonds is 2. The molecule has 0 N–H and O–H groups in total. The summed E-state index contributed by atoms with van der Waals surface area (Å²) in [5, 5.41) is 1.06. The molecule has 2 nitrogen and oxygen atoms in total. The molecule has 0 aliphatic rings. The third kappa shape index (κ3) is 1.55. The van der Waals surface area contributed by atoms with Gasteiger partial charge in [-0.25, -0.2) is 4.98 Å². The van der Waals surface area contributed by atoms with Gasteiger partial charge in [0.05, 0.1) is 0 Å². The standard InChI is InChI=1S/C6H9BrN2S/c1-3-9-4-5(7)8-6(9)10-2/h4H,3H2,1-2H3. The molecule has 0 aromatic carbocycles. The summed E-state index contributed by atoms with van der Waals surface area (Å²) >= 11 is 4.98. The average Bonchev–Trinajstić information content (AvgIpc) is 2.30. The Morgan fingerprint density at radius 2 is 2.50 bits per heavy atom. The first kappa shape index (κ1) is 8.14. The molecule has 0 saturated heterocycles. The fourth-order valence-corrected chi connectivity index (χ4v) is 1.90. The molecule has 1 aromatic rings. The first-order valence-electron chi connectivity index (χ1n) is 3.04. The van der Waals surface area contributed by atoms with E-state index >= 15 is 0 Å². The molecule has 0 atom stereocenters. The van der Waals surface area contributed by atoms with Crippen LogP contribution >= 0.6 is 27.7 Å². The maximum Gasteiger partial charge on any atom is 0.168 e. The first-order valence-corrected chi connectivity index (χ1v) is 5.06. The molecule has 1 aromatic heterocycles. The van der Waals surface area contributed by atoms with E-state index in [-0.39, 0.29) is 0 Å². The van der Waals surface area contributed by atoms with Gasteiger partial charge in [0.1, 0.15) is 4.60 Å². The Bertz CT molecular complexity index is 200. The monoisotopic (exact) mass is 220 g/mol. The topological polar surface area (TPSA) is 17.8 Å². The van der Waals surface area contributed by atoms with Crippen molar-refractivity contribution in [2.24, 2.45) is 0 Å². The molecule has 0 spiro atoms. The maximum atomic E-state index is 4.24. The number of hydrogen-bond donors (Lipinski definition) is 0. The van der Waals surface area contributed by atoms with Crippen LogP contribution in [0.25, 0.3) is 0 Å². The molecule has 0 unspecified atom stereocenters. The summed E-state index contributed by atoms with van der Waals surface area (Å²) in [7, 11) is 0. The molecule has 4 heteroatoms. The van der Waals surface area contributed by atoms with Crippen molar-refractivity contribution < 1.29 is 0 Å². The van der Waals surface area contributed by atoms with Gasteiger partial charge in [-0.3, -0.25) is 0 Å². The van der Waals surface area contributed by atoms with Gasteiger partial charge in [-0.1, -0.05) is 11.8 Å². The fourth-order valence-electron chi connectivity index (χ4n) is 0.758. The van der Waals surface area contributed by atoms with E-state index in [0.717, 1.165) is 16.3 Å². The molecule has 0 saturated carbocycles. The van der Waals surface area contributed by atoms with E-state index in [9.17, 15) is 0 Å². The largest absolute Gasteiger partial charge is 0.325 e. The second-order valence-electron chi connectivity index (χ2n) is 1.84. The number of nitrogens with zero attached hydrogens (tertiary/aromatic N) is 2. The Morgan fingerprint density at radius 1 is 1.80 bits per heavy atom. The Labute approximate surface area is 73.2 Å². The van der Waals surface area contributed by atoms with Gasteiger partial charge in [-0.05, 0) is 29.1 Å². The minimum absolute atomic E-state index is 0.915. The number of thioether (sulfide) groups is 1. The molecule has 0 aliphatic carbocycles. The molecule has 0 amide bonds. The zero-order valence-corrected chi connectivity index (χ0v) is 8.37. The number of aromatic nitrogens is 2. The van der Waals surface area contributed by atoms with E-state index in [1.807, 2.05) is 12.5 Å². The molecular formula is C6H9BrN2S. The van der Waals surface area contributed by atoms with E-state index in [0.29, 0.717) is 0 Å². The smallest absolute Gasteiger partial charge is 0.168 e. The van der Waals surface area contributed by atoms with Gasteiger partial charge in [0, 0.05) is 12.7 Å². The van der Waals surface area contributed by atoms with Crippen molar-refractivity contribution in [3.05, 3.63) is 10.8 Å². The summed E-state index contributed by atoms with van der Waals surface area (Å²) in [5.41, 5.74) is 0. The number of imidazole rings is 1. The average molecular weight is 221 g/mol. The predicted molar refractivity (Wildman–Crippen MR) is 47.4 cm³/mol. The van der Waals surface area contributed by atoms with Gasteiger partial charge < -0.3 is 4.57 Å². The van der Waals surface area contributed by atoms with Crippen LogP contribution in [0.15, 0.2) is 16.0 Å². The first-order chi connectivity index (χ1) is 4.77. The van der Waals surface area contributed by atoms with Crippen molar-refractivity contribution in [2.75, 3.05) is 6.26 Å². The van der Waals surface area contributed by atoms with Crippen LogP contribution in [0.2, 0.25) is 0 Å². The summed E-state index contributed by atoms with van der Waals surface area (Å²) in [6.07, 6.45) is 4.02. The molecule has 0 aliphatic heterocycles. The van der Waals surface area contributed by atoms with Crippen LogP contribution in [0, 0.1) is 0 Å².